The van der Waals surface area contributed by atoms with Crippen LogP contribution in [0.3, 0.4) is 0 Å². The summed E-state index contributed by atoms with van der Waals surface area (Å²) in [4.78, 5) is 15.9. The molecule has 9 heteroatoms. The molecule has 0 radical (unpaired) electrons. The first-order chi connectivity index (χ1) is 11.1. The summed E-state index contributed by atoms with van der Waals surface area (Å²) in [6.07, 6.45) is 1.21. The van der Waals surface area contributed by atoms with Gasteiger partial charge in [0.05, 0.1) is 11.3 Å². The minimum atomic E-state index is -3.81. The highest BCUT2D eigenvalue weighted by Gasteiger charge is 2.22. The monoisotopic (exact) mass is 357 g/mol. The fourth-order valence-electron chi connectivity index (χ4n) is 2.19. The van der Waals surface area contributed by atoms with Gasteiger partial charge >= 0.3 is 0 Å². The number of nitrogens with zero attached hydrogens (tertiary/aromatic N) is 2. The van der Waals surface area contributed by atoms with E-state index in [4.69, 9.17) is 0 Å². The van der Waals surface area contributed by atoms with Gasteiger partial charge in [-0.15, -0.1) is 0 Å². The third-order valence-electron chi connectivity index (χ3n) is 3.10. The van der Waals surface area contributed by atoms with Crippen LogP contribution in [0.15, 0.2) is 24.4 Å². The SMILES string of the molecule is CC(C)CS(=O)(=O)NC(=O)c1cn(C)c(-c2c(F)cccc2F)n1. The minimum Gasteiger partial charge on any atom is -0.333 e. The molecular weight excluding hydrogens is 340 g/mol. The molecule has 6 nitrogen and oxygen atoms in total. The zero-order valence-electron chi connectivity index (χ0n) is 13.4. The number of benzene rings is 1. The number of aromatic nitrogens is 2. The van der Waals surface area contributed by atoms with Gasteiger partial charge < -0.3 is 4.57 Å². The fraction of sp³-hybridized carbons (Fsp3) is 0.333. The van der Waals surface area contributed by atoms with Crippen LogP contribution >= 0.6 is 0 Å². The van der Waals surface area contributed by atoms with E-state index in [0.717, 1.165) is 12.1 Å². The summed E-state index contributed by atoms with van der Waals surface area (Å²) in [6.45, 7) is 3.40. The zero-order valence-corrected chi connectivity index (χ0v) is 14.2. The second-order valence-electron chi connectivity index (χ2n) is 5.76. The Balaban J connectivity index is 2.34. The molecule has 0 aliphatic heterocycles. The highest BCUT2D eigenvalue weighted by atomic mass is 32.2. The number of rotatable bonds is 5. The summed E-state index contributed by atoms with van der Waals surface area (Å²) in [6, 6.07) is 3.35. The first-order valence-corrected chi connectivity index (χ1v) is 8.78. The van der Waals surface area contributed by atoms with E-state index in [2.05, 4.69) is 4.98 Å². The Kier molecular flexibility index (Phi) is 5.02. The smallest absolute Gasteiger partial charge is 0.284 e. The van der Waals surface area contributed by atoms with Crippen LogP contribution in [0.2, 0.25) is 0 Å². The zero-order chi connectivity index (χ0) is 18.1. The Morgan fingerprint density at radius 3 is 2.42 bits per heavy atom. The Bertz CT molecular complexity index is 856. The van der Waals surface area contributed by atoms with Crippen LogP contribution in [0.1, 0.15) is 24.3 Å². The lowest BCUT2D eigenvalue weighted by Crippen LogP contribution is -2.34. The third-order valence-corrected chi connectivity index (χ3v) is 4.70. The predicted octanol–water partition coefficient (Wildman–Crippen LogP) is 2.08. The van der Waals surface area contributed by atoms with Gasteiger partial charge in [0.25, 0.3) is 5.91 Å². The molecule has 0 bridgehead atoms. The number of carbonyl (C=O) groups is 1. The van der Waals surface area contributed by atoms with Gasteiger partial charge in [0.15, 0.2) is 0 Å². The van der Waals surface area contributed by atoms with Crippen LogP contribution in [0.4, 0.5) is 8.78 Å². The molecule has 1 heterocycles. The van der Waals surface area contributed by atoms with E-state index in [0.29, 0.717) is 0 Å². The van der Waals surface area contributed by atoms with Crippen molar-refractivity contribution in [1.29, 1.82) is 0 Å². The van der Waals surface area contributed by atoms with E-state index in [1.807, 2.05) is 4.72 Å². The van der Waals surface area contributed by atoms with Crippen LogP contribution in [0, 0.1) is 17.6 Å². The van der Waals surface area contributed by atoms with Crippen molar-refractivity contribution in [3.8, 4) is 11.4 Å². The third kappa shape index (κ3) is 3.97. The first-order valence-electron chi connectivity index (χ1n) is 7.13. The molecule has 0 saturated carbocycles. The van der Waals surface area contributed by atoms with Gasteiger partial charge in [0, 0.05) is 13.2 Å². The first kappa shape index (κ1) is 18.1. The lowest BCUT2D eigenvalue weighted by atomic mass is 10.2. The molecule has 1 aromatic heterocycles. The molecule has 2 aromatic rings. The van der Waals surface area contributed by atoms with Crippen molar-refractivity contribution in [3.63, 3.8) is 0 Å². The summed E-state index contributed by atoms with van der Waals surface area (Å²) >= 11 is 0. The maximum atomic E-state index is 13.9. The molecular formula is C15H17F2N3O3S. The minimum absolute atomic E-state index is 0.114. The molecule has 0 unspecified atom stereocenters. The van der Waals surface area contributed by atoms with Gasteiger partial charge in [0.2, 0.25) is 10.0 Å². The number of imidazole rings is 1. The Morgan fingerprint density at radius 1 is 1.29 bits per heavy atom. The summed E-state index contributed by atoms with van der Waals surface area (Å²) in [5.74, 6) is -3.11. The van der Waals surface area contributed by atoms with Crippen molar-refractivity contribution in [1.82, 2.24) is 14.3 Å². The summed E-state index contributed by atoms with van der Waals surface area (Å²) < 4.78 is 54.5. The number of hydrogen-bond acceptors (Lipinski definition) is 4. The molecule has 0 atom stereocenters. The van der Waals surface area contributed by atoms with Gasteiger partial charge in [-0.3, -0.25) is 4.79 Å². The normalized spacial score (nSPS) is 11.8. The molecule has 0 fully saturated rings. The number of hydrogen-bond donors (Lipinski definition) is 1. The molecule has 2 rings (SSSR count). The highest BCUT2D eigenvalue weighted by molar-refractivity contribution is 7.90. The van der Waals surface area contributed by atoms with Crippen molar-refractivity contribution < 1.29 is 22.0 Å². The largest absolute Gasteiger partial charge is 0.333 e. The van der Waals surface area contributed by atoms with Crippen LogP contribution in [-0.4, -0.2) is 29.6 Å². The number of carbonyl (C=O) groups excluding carboxylic acids is 1. The van der Waals surface area contributed by atoms with E-state index in [-0.39, 0.29) is 28.8 Å². The van der Waals surface area contributed by atoms with Gasteiger partial charge in [-0.25, -0.2) is 26.9 Å². The van der Waals surface area contributed by atoms with E-state index in [1.54, 1.807) is 13.8 Å². The van der Waals surface area contributed by atoms with Crippen LogP contribution < -0.4 is 4.72 Å². The number of nitrogens with one attached hydrogen (secondary N) is 1. The maximum absolute atomic E-state index is 13.9. The van der Waals surface area contributed by atoms with Gasteiger partial charge in [-0.1, -0.05) is 19.9 Å². The molecule has 0 aliphatic carbocycles. The lowest BCUT2D eigenvalue weighted by Gasteiger charge is -2.07. The van der Waals surface area contributed by atoms with Gasteiger partial charge in [-0.05, 0) is 18.1 Å². The lowest BCUT2D eigenvalue weighted by molar-refractivity contribution is 0.0977. The van der Waals surface area contributed by atoms with Crippen molar-refractivity contribution in [2.24, 2.45) is 13.0 Å². The summed E-state index contributed by atoms with van der Waals surface area (Å²) in [5, 5.41) is 0. The van der Waals surface area contributed by atoms with E-state index in [9.17, 15) is 22.0 Å². The second kappa shape index (κ2) is 6.68. The Labute approximate surface area is 138 Å². The molecule has 0 spiro atoms. The number of sulfonamides is 1. The van der Waals surface area contributed by atoms with Crippen LogP contribution in [-0.2, 0) is 17.1 Å². The topological polar surface area (TPSA) is 81.1 Å². The highest BCUT2D eigenvalue weighted by Crippen LogP contribution is 2.24. The van der Waals surface area contributed by atoms with Crippen molar-refractivity contribution in [2.75, 3.05) is 5.75 Å². The van der Waals surface area contributed by atoms with Gasteiger partial charge in [-0.2, -0.15) is 0 Å². The average Bonchev–Trinajstić information content (AvgIpc) is 2.79. The standard InChI is InChI=1S/C15H17F2N3O3S/c1-9(2)8-24(22,23)19-15(21)12-7-20(3)14(18-12)13-10(16)5-4-6-11(13)17/h4-7,9H,8H2,1-3H3,(H,19,21). The molecule has 130 valence electrons. The number of amides is 1. The molecule has 1 aromatic carbocycles. The number of aryl methyl sites for hydroxylation is 1. The molecule has 24 heavy (non-hydrogen) atoms. The molecule has 0 aliphatic rings. The van der Waals surface area contributed by atoms with E-state index >= 15 is 0 Å². The molecule has 1 amide bonds. The quantitative estimate of drug-likeness (QED) is 0.888. The average molecular weight is 357 g/mol. The Hall–Kier alpha value is -2.29. The van der Waals surface area contributed by atoms with Crippen LogP contribution in [0.5, 0.6) is 0 Å². The number of halogens is 2. The summed E-state index contributed by atoms with van der Waals surface area (Å²) in [7, 11) is -2.36. The Morgan fingerprint density at radius 2 is 1.88 bits per heavy atom. The van der Waals surface area contributed by atoms with Crippen molar-refractivity contribution in [2.45, 2.75) is 13.8 Å². The van der Waals surface area contributed by atoms with Crippen LogP contribution in [0.25, 0.3) is 11.4 Å². The maximum Gasteiger partial charge on any atom is 0.284 e. The molecule has 1 N–H and O–H groups in total. The summed E-state index contributed by atoms with van der Waals surface area (Å²) in [5.41, 5.74) is -0.633. The van der Waals surface area contributed by atoms with E-state index in [1.165, 1.54) is 23.9 Å². The predicted molar refractivity (Wildman–Crippen MR) is 84.7 cm³/mol. The van der Waals surface area contributed by atoms with Gasteiger partial charge in [0.1, 0.15) is 23.2 Å². The van der Waals surface area contributed by atoms with Crippen molar-refractivity contribution in [3.05, 3.63) is 41.7 Å². The van der Waals surface area contributed by atoms with E-state index < -0.39 is 27.6 Å². The fourth-order valence-corrected chi connectivity index (χ4v) is 3.54. The molecule has 0 saturated heterocycles. The second-order valence-corrected chi connectivity index (χ2v) is 7.53. The van der Waals surface area contributed by atoms with Crippen molar-refractivity contribution >= 4 is 15.9 Å².